The summed E-state index contributed by atoms with van der Waals surface area (Å²) in [4.78, 5) is 85.1. The summed E-state index contributed by atoms with van der Waals surface area (Å²) >= 11 is 7.91. The molecule has 0 spiro atoms. The second-order valence-corrected chi connectivity index (χ2v) is 29.3. The first-order valence-corrected chi connectivity index (χ1v) is 33.3. The Kier molecular flexibility index (Phi) is 20.9. The van der Waals surface area contributed by atoms with Gasteiger partial charge in [0.25, 0.3) is 0 Å². The number of nitrogens with one attached hydrogen (secondary N) is 3. The lowest BCUT2D eigenvalue weighted by Gasteiger charge is -2.42. The van der Waals surface area contributed by atoms with E-state index in [0.717, 1.165) is 36.8 Å². The lowest BCUT2D eigenvalue weighted by atomic mass is 9.85. The molecular weight excluding hydrogens is 1270 g/mol. The number of piperazine rings is 1. The Bertz CT molecular complexity index is 3910. The summed E-state index contributed by atoms with van der Waals surface area (Å²) < 4.78 is 86.2. The van der Waals surface area contributed by atoms with Crippen molar-refractivity contribution in [1.82, 2.24) is 35.3 Å². The zero-order valence-corrected chi connectivity index (χ0v) is 56.5. The average Bonchev–Trinajstić information content (AvgIpc) is 1.73. The van der Waals surface area contributed by atoms with Crippen LogP contribution in [-0.4, -0.2) is 160 Å². The maximum Gasteiger partial charge on any atom is 0.412 e. The maximum atomic E-state index is 17.9. The number of nitriles is 1. The third-order valence-corrected chi connectivity index (χ3v) is 18.8. The number of benzene rings is 4. The molecule has 4 aromatic carbocycles. The van der Waals surface area contributed by atoms with E-state index in [2.05, 4.69) is 26.9 Å². The summed E-state index contributed by atoms with van der Waals surface area (Å²) in [5.74, 6) is -4.16. The minimum Gasteiger partial charge on any atom is -0.462 e. The minimum absolute atomic E-state index is 0.00207. The number of halogens is 5. The minimum atomic E-state index is -1.06. The number of likely N-dealkylation sites (tertiary alicyclic amines) is 2. The van der Waals surface area contributed by atoms with Crippen LogP contribution < -0.4 is 25.6 Å². The van der Waals surface area contributed by atoms with Crippen LogP contribution in [0.3, 0.4) is 0 Å². The number of hydrogen-bond acceptors (Lipinski definition) is 16. The molecule has 2 aromatic heterocycles. The molecule has 95 heavy (non-hydrogen) atoms. The normalized spacial score (nSPS) is 19.8. The zero-order chi connectivity index (χ0) is 68.6. The largest absolute Gasteiger partial charge is 0.462 e. The lowest BCUT2D eigenvalue weighted by Crippen LogP contribution is -2.58. The standard InChI is InChI=1S/C69H81ClF4N10O10S/c1-37(38-17-19-39(20-18-38)53-48(71)15-11-16-49(53)72)76-61(87)51-30-43(85)35-83(51)63(88)59(67(2,3)4)77-52(86)25-29-91-28-13-27-81-26-12-14-42(81)36-92-64-78-57-45(60(79-64)82-33-40-21-22-41(34-82)84(40)66(90)94-69(8,9)10)31-47(70)55(56(57)74)44-23-24-50(73)58-54(44)46(32-75)62(95-58)80-65(89)93-68(5,6)7/h11,15-20,23-24,31,37,40-43,51,59,85H,12-14,21-22,25-30,33-36H2,1-10H3,(H,76,87)(H,77,86)(H,80,89)/t37-,40?,41?,42?,43+,51-,59+/m0/s1. The molecule has 2 bridgehead atoms. The summed E-state index contributed by atoms with van der Waals surface area (Å²) in [7, 11) is 0. The van der Waals surface area contributed by atoms with Gasteiger partial charge in [-0.05, 0) is 133 Å². The van der Waals surface area contributed by atoms with E-state index in [4.69, 9.17) is 40.5 Å². The Morgan fingerprint density at radius 3 is 2.18 bits per heavy atom. The van der Waals surface area contributed by atoms with Gasteiger partial charge in [0.15, 0.2) is 5.82 Å². The van der Waals surface area contributed by atoms with Crippen LogP contribution in [0.15, 0.2) is 60.7 Å². The molecule has 508 valence electrons. The lowest BCUT2D eigenvalue weighted by molar-refractivity contribution is -0.144. The number of rotatable bonds is 19. The summed E-state index contributed by atoms with van der Waals surface area (Å²) in [6.45, 7) is 20.0. The highest BCUT2D eigenvalue weighted by molar-refractivity contribution is 7.23. The third-order valence-electron chi connectivity index (χ3n) is 17.4. The van der Waals surface area contributed by atoms with E-state index < -0.39 is 94.0 Å². The first kappa shape index (κ1) is 69.9. The van der Waals surface area contributed by atoms with Gasteiger partial charge in [0.1, 0.15) is 69.7 Å². The highest BCUT2D eigenvalue weighted by Gasteiger charge is 2.47. The van der Waals surface area contributed by atoms with Crippen molar-refractivity contribution in [3.63, 3.8) is 0 Å². The molecule has 3 unspecified atom stereocenters. The second kappa shape index (κ2) is 28.4. The fourth-order valence-corrected chi connectivity index (χ4v) is 14.4. The molecule has 20 nitrogen and oxygen atoms in total. The molecule has 0 aliphatic carbocycles. The highest BCUT2D eigenvalue weighted by atomic mass is 35.5. The van der Waals surface area contributed by atoms with Crippen LogP contribution in [-0.2, 0) is 28.6 Å². The van der Waals surface area contributed by atoms with Crippen molar-refractivity contribution in [2.45, 2.75) is 168 Å². The fourth-order valence-electron chi connectivity index (χ4n) is 13.0. The highest BCUT2D eigenvalue weighted by Crippen LogP contribution is 2.47. The average molecular weight is 1350 g/mol. The van der Waals surface area contributed by atoms with E-state index in [0.29, 0.717) is 62.4 Å². The summed E-state index contributed by atoms with van der Waals surface area (Å²) in [6, 6.07) is 12.7. The SMILES string of the molecule is C[C@H](NC(=O)[C@@H]1C[C@@H](O)CN1C(=O)[C@@H](NC(=O)CCOCCCN1CCCC1COc1nc(N2CC3CCC(C2)N3C(=O)OC(C)(C)C)c2cc(Cl)c(-c3ccc(F)c4sc(NC(=O)OC(C)(C)C)c(C#N)c34)c(F)c2n1)C(C)(C)C)c1ccc(-c2c(F)cccc2F)cc1. The van der Waals surface area contributed by atoms with Crippen molar-refractivity contribution >= 4 is 84.7 Å². The molecule has 4 fully saturated rings. The van der Waals surface area contributed by atoms with E-state index in [1.807, 2.05) is 25.7 Å². The quantitative estimate of drug-likeness (QED) is 0.0435. The van der Waals surface area contributed by atoms with Crippen molar-refractivity contribution in [3.05, 3.63) is 100 Å². The molecular formula is C69H81ClF4N10O10S. The van der Waals surface area contributed by atoms with E-state index in [1.54, 1.807) is 83.7 Å². The molecule has 6 heterocycles. The number of thiophene rings is 1. The van der Waals surface area contributed by atoms with Crippen LogP contribution in [0.2, 0.25) is 5.02 Å². The third kappa shape index (κ3) is 15.8. The Morgan fingerprint density at radius 1 is 0.842 bits per heavy atom. The number of anilines is 2. The summed E-state index contributed by atoms with van der Waals surface area (Å²) in [5, 5.41) is 29.8. The Hall–Kier alpha value is -7.89. The van der Waals surface area contributed by atoms with E-state index >= 15 is 8.78 Å². The summed E-state index contributed by atoms with van der Waals surface area (Å²) in [6.07, 6.45) is 1.26. The molecule has 7 atom stereocenters. The molecule has 5 amide bonds. The van der Waals surface area contributed by atoms with Crippen LogP contribution in [0.5, 0.6) is 6.01 Å². The Balaban J connectivity index is 0.784. The number of nitrogens with zero attached hydrogens (tertiary/aromatic N) is 7. The molecule has 10 rings (SSSR count). The van der Waals surface area contributed by atoms with Gasteiger partial charge in [-0.15, -0.1) is 11.3 Å². The number of ether oxygens (including phenoxy) is 4. The molecule has 4 N–H and O–H groups in total. The van der Waals surface area contributed by atoms with Crippen LogP contribution in [0.25, 0.3) is 43.2 Å². The Morgan fingerprint density at radius 2 is 1.53 bits per heavy atom. The first-order valence-electron chi connectivity index (χ1n) is 32.1. The van der Waals surface area contributed by atoms with Crippen molar-refractivity contribution < 1.29 is 65.6 Å². The van der Waals surface area contributed by atoms with E-state index in [9.17, 15) is 43.1 Å². The van der Waals surface area contributed by atoms with Crippen molar-refractivity contribution in [3.8, 4) is 34.3 Å². The number of aliphatic hydroxyl groups is 1. The smallest absolute Gasteiger partial charge is 0.412 e. The fraction of sp³-hybridized carbons (Fsp3) is 0.507. The van der Waals surface area contributed by atoms with Gasteiger partial charge in [0.05, 0.1) is 51.7 Å². The van der Waals surface area contributed by atoms with Gasteiger partial charge in [0.2, 0.25) is 17.7 Å². The van der Waals surface area contributed by atoms with Crippen LogP contribution in [0, 0.1) is 40.0 Å². The number of carbonyl (C=O) groups excluding carboxylic acids is 5. The molecule has 4 aliphatic rings. The second-order valence-electron chi connectivity index (χ2n) is 27.9. The van der Waals surface area contributed by atoms with Crippen LogP contribution in [0.1, 0.15) is 131 Å². The van der Waals surface area contributed by atoms with E-state index in [-0.39, 0.29) is 110 Å². The van der Waals surface area contributed by atoms with Crippen molar-refractivity contribution in [1.29, 1.82) is 5.26 Å². The number of β-amino-alcohol motifs (C(OH)–C–C–N with tert-alkyl or cyclic N) is 1. The maximum absolute atomic E-state index is 17.9. The molecule has 26 heteroatoms. The van der Waals surface area contributed by atoms with Gasteiger partial charge >= 0.3 is 18.2 Å². The van der Waals surface area contributed by atoms with Gasteiger partial charge in [-0.25, -0.2) is 27.2 Å². The Labute approximate surface area is 558 Å². The van der Waals surface area contributed by atoms with Gasteiger partial charge in [0, 0.05) is 68.0 Å². The molecule has 0 saturated carbocycles. The van der Waals surface area contributed by atoms with E-state index in [1.165, 1.54) is 29.2 Å². The van der Waals surface area contributed by atoms with Gasteiger partial charge < -0.3 is 44.5 Å². The molecule has 4 saturated heterocycles. The van der Waals surface area contributed by atoms with Gasteiger partial charge in [-0.2, -0.15) is 15.2 Å². The van der Waals surface area contributed by atoms with Crippen molar-refractivity contribution in [2.24, 2.45) is 5.41 Å². The monoisotopic (exact) mass is 1350 g/mol. The first-order chi connectivity index (χ1) is 44.9. The number of hydrogen-bond donors (Lipinski definition) is 4. The number of carbonyl (C=O) groups is 5. The number of fused-ring (bicyclic) bond motifs is 4. The van der Waals surface area contributed by atoms with Gasteiger partial charge in [-0.1, -0.05) is 68.8 Å². The number of aliphatic hydroxyl groups excluding tert-OH is 1. The molecule has 6 aromatic rings. The molecule has 4 aliphatic heterocycles. The van der Waals surface area contributed by atoms with Crippen LogP contribution in [0.4, 0.5) is 38.0 Å². The summed E-state index contributed by atoms with van der Waals surface area (Å²) in [5.41, 5.74) is -1.97. The van der Waals surface area contributed by atoms with Crippen LogP contribution >= 0.6 is 22.9 Å². The predicted molar refractivity (Wildman–Crippen MR) is 353 cm³/mol. The molecule has 0 radical (unpaired) electrons. The number of aromatic nitrogens is 2. The predicted octanol–water partition coefficient (Wildman–Crippen LogP) is 12.2. The van der Waals surface area contributed by atoms with Gasteiger partial charge in [-0.3, -0.25) is 29.5 Å². The number of amides is 5. The topological polar surface area (TPSA) is 241 Å². The van der Waals surface area contributed by atoms with Crippen molar-refractivity contribution in [2.75, 3.05) is 62.8 Å². The zero-order valence-electron chi connectivity index (χ0n) is 55.0.